The second-order valence-electron chi connectivity index (χ2n) is 5.51. The van der Waals surface area contributed by atoms with E-state index in [1.807, 2.05) is 24.3 Å². The number of hydrogen-bond acceptors (Lipinski definition) is 3. The maximum absolute atomic E-state index is 12.7. The molecule has 1 heterocycles. The lowest BCUT2D eigenvalue weighted by atomic mass is 9.97. The van der Waals surface area contributed by atoms with Crippen molar-refractivity contribution in [2.24, 2.45) is 5.73 Å². The van der Waals surface area contributed by atoms with E-state index in [1.165, 1.54) is 6.07 Å². The molecule has 21 heavy (non-hydrogen) atoms. The number of aryl methyl sites for hydroxylation is 1. The van der Waals surface area contributed by atoms with E-state index in [0.717, 1.165) is 23.2 Å². The van der Waals surface area contributed by atoms with Crippen LogP contribution >= 0.6 is 0 Å². The van der Waals surface area contributed by atoms with Crippen LogP contribution < -0.4 is 10.6 Å². The van der Waals surface area contributed by atoms with Crippen molar-refractivity contribution in [3.05, 3.63) is 59.2 Å². The molecule has 0 spiro atoms. The molecule has 0 fully saturated rings. The summed E-state index contributed by atoms with van der Waals surface area (Å²) in [5, 5.41) is 9.80. The zero-order valence-corrected chi connectivity index (χ0v) is 11.9. The average Bonchev–Trinajstić information content (AvgIpc) is 2.48. The van der Waals surface area contributed by atoms with Crippen molar-refractivity contribution in [3.8, 4) is 5.75 Å². The van der Waals surface area contributed by atoms with Gasteiger partial charge in [0.1, 0.15) is 5.75 Å². The number of aromatic hydroxyl groups is 1. The van der Waals surface area contributed by atoms with Crippen molar-refractivity contribution in [2.45, 2.75) is 19.4 Å². The van der Waals surface area contributed by atoms with Gasteiger partial charge < -0.3 is 15.7 Å². The lowest BCUT2D eigenvalue weighted by Crippen LogP contribution is -2.46. The molecule has 108 valence electrons. The molecule has 0 saturated heterocycles. The first-order chi connectivity index (χ1) is 10.1. The van der Waals surface area contributed by atoms with Crippen molar-refractivity contribution in [1.82, 2.24) is 0 Å². The normalized spacial score (nSPS) is 17.4. The summed E-state index contributed by atoms with van der Waals surface area (Å²) in [6.45, 7) is 2.29. The highest BCUT2D eigenvalue weighted by Gasteiger charge is 2.27. The lowest BCUT2D eigenvalue weighted by Gasteiger charge is -2.33. The van der Waals surface area contributed by atoms with Crippen LogP contribution in [0, 0.1) is 6.92 Å². The molecule has 0 saturated carbocycles. The minimum atomic E-state index is -0.132. The highest BCUT2D eigenvalue weighted by Crippen LogP contribution is 2.28. The highest BCUT2D eigenvalue weighted by molar-refractivity contribution is 6.07. The third-order valence-electron chi connectivity index (χ3n) is 3.88. The van der Waals surface area contributed by atoms with Crippen LogP contribution in [-0.4, -0.2) is 23.6 Å². The first-order valence-corrected chi connectivity index (χ1v) is 7.01. The summed E-state index contributed by atoms with van der Waals surface area (Å²) in [5.41, 5.74) is 9.28. The number of hydrogen-bond donors (Lipinski definition) is 2. The van der Waals surface area contributed by atoms with Crippen LogP contribution in [0.1, 0.15) is 21.5 Å². The fourth-order valence-electron chi connectivity index (χ4n) is 2.72. The van der Waals surface area contributed by atoms with E-state index in [1.54, 1.807) is 24.0 Å². The Balaban J connectivity index is 1.99. The van der Waals surface area contributed by atoms with Crippen molar-refractivity contribution in [2.75, 3.05) is 11.4 Å². The van der Waals surface area contributed by atoms with E-state index in [0.29, 0.717) is 12.1 Å². The minimum absolute atomic E-state index is 0.0668. The number of amides is 1. The predicted octanol–water partition coefficient (Wildman–Crippen LogP) is 2.23. The molecule has 1 aliphatic rings. The molecule has 3 rings (SSSR count). The maximum atomic E-state index is 12.7. The SMILES string of the molecule is Cc1ccc(C(=O)N2CC(N)Cc3ccccc32)cc1O. The number of carbonyl (C=O) groups excluding carboxylic acids is 1. The summed E-state index contributed by atoms with van der Waals surface area (Å²) in [7, 11) is 0. The number of para-hydroxylation sites is 1. The summed E-state index contributed by atoms with van der Waals surface area (Å²) in [6, 6.07) is 12.7. The lowest BCUT2D eigenvalue weighted by molar-refractivity contribution is 0.0983. The van der Waals surface area contributed by atoms with Gasteiger partial charge in [0.05, 0.1) is 0 Å². The van der Waals surface area contributed by atoms with Crippen LogP contribution in [0.4, 0.5) is 5.69 Å². The van der Waals surface area contributed by atoms with Gasteiger partial charge in [-0.2, -0.15) is 0 Å². The largest absolute Gasteiger partial charge is 0.508 e. The Morgan fingerprint density at radius 3 is 2.81 bits per heavy atom. The number of anilines is 1. The molecule has 3 N–H and O–H groups in total. The predicted molar refractivity (Wildman–Crippen MR) is 82.6 cm³/mol. The van der Waals surface area contributed by atoms with Gasteiger partial charge in [-0.15, -0.1) is 0 Å². The molecule has 1 atom stereocenters. The molecule has 0 radical (unpaired) electrons. The number of fused-ring (bicyclic) bond motifs is 1. The Morgan fingerprint density at radius 2 is 2.05 bits per heavy atom. The number of carbonyl (C=O) groups is 1. The average molecular weight is 282 g/mol. The van der Waals surface area contributed by atoms with E-state index in [-0.39, 0.29) is 17.7 Å². The van der Waals surface area contributed by atoms with Crippen molar-refractivity contribution in [1.29, 1.82) is 0 Å². The van der Waals surface area contributed by atoms with Gasteiger partial charge in [0, 0.05) is 23.8 Å². The number of benzene rings is 2. The van der Waals surface area contributed by atoms with Gasteiger partial charge >= 0.3 is 0 Å². The molecule has 4 nitrogen and oxygen atoms in total. The highest BCUT2D eigenvalue weighted by atomic mass is 16.3. The van der Waals surface area contributed by atoms with E-state index in [9.17, 15) is 9.90 Å². The summed E-state index contributed by atoms with van der Waals surface area (Å²) < 4.78 is 0. The first kappa shape index (κ1) is 13.6. The van der Waals surface area contributed by atoms with Gasteiger partial charge in [0.2, 0.25) is 0 Å². The molecule has 1 unspecified atom stereocenters. The van der Waals surface area contributed by atoms with E-state index in [2.05, 4.69) is 0 Å². The molecule has 4 heteroatoms. The summed E-state index contributed by atoms with van der Waals surface area (Å²) >= 11 is 0. The summed E-state index contributed by atoms with van der Waals surface area (Å²) in [6.07, 6.45) is 0.777. The molecule has 2 aromatic carbocycles. The van der Waals surface area contributed by atoms with Gasteiger partial charge in [-0.1, -0.05) is 24.3 Å². The van der Waals surface area contributed by atoms with Crippen LogP contribution in [0.15, 0.2) is 42.5 Å². The van der Waals surface area contributed by atoms with Crippen molar-refractivity contribution < 1.29 is 9.90 Å². The second-order valence-corrected chi connectivity index (χ2v) is 5.51. The molecule has 0 bridgehead atoms. The zero-order chi connectivity index (χ0) is 15.0. The smallest absolute Gasteiger partial charge is 0.258 e. The quantitative estimate of drug-likeness (QED) is 0.843. The Bertz CT molecular complexity index is 697. The Kier molecular flexibility index (Phi) is 3.39. The standard InChI is InChI=1S/C17H18N2O2/c1-11-6-7-13(9-16(11)20)17(21)19-10-14(18)8-12-4-2-3-5-15(12)19/h2-7,9,14,20H,8,10,18H2,1H3. The van der Waals surface area contributed by atoms with Gasteiger partial charge in [0.25, 0.3) is 5.91 Å². The zero-order valence-electron chi connectivity index (χ0n) is 11.9. The van der Waals surface area contributed by atoms with Gasteiger partial charge in [-0.25, -0.2) is 0 Å². The van der Waals surface area contributed by atoms with E-state index >= 15 is 0 Å². The Hall–Kier alpha value is -2.33. The first-order valence-electron chi connectivity index (χ1n) is 7.01. The fourth-order valence-corrected chi connectivity index (χ4v) is 2.72. The van der Waals surface area contributed by atoms with E-state index in [4.69, 9.17) is 5.73 Å². The number of phenols is 1. The summed E-state index contributed by atoms with van der Waals surface area (Å²) in [5.74, 6) is 0.00310. The molecule has 0 aliphatic carbocycles. The second kappa shape index (κ2) is 5.22. The number of rotatable bonds is 1. The molecule has 1 amide bonds. The fraction of sp³-hybridized carbons (Fsp3) is 0.235. The van der Waals surface area contributed by atoms with Crippen molar-refractivity contribution >= 4 is 11.6 Å². The van der Waals surface area contributed by atoms with E-state index < -0.39 is 0 Å². The third kappa shape index (κ3) is 2.50. The minimum Gasteiger partial charge on any atom is -0.508 e. The number of nitrogens with zero attached hydrogens (tertiary/aromatic N) is 1. The molecular formula is C17H18N2O2. The molecule has 1 aliphatic heterocycles. The molecule has 2 aromatic rings. The molecule has 0 aromatic heterocycles. The maximum Gasteiger partial charge on any atom is 0.258 e. The number of phenolic OH excluding ortho intramolecular Hbond substituents is 1. The van der Waals surface area contributed by atoms with Crippen LogP contribution in [0.25, 0.3) is 0 Å². The van der Waals surface area contributed by atoms with Crippen LogP contribution in [-0.2, 0) is 6.42 Å². The van der Waals surface area contributed by atoms with Gasteiger partial charge in [-0.05, 0) is 42.7 Å². The van der Waals surface area contributed by atoms with Crippen LogP contribution in [0.3, 0.4) is 0 Å². The summed E-state index contributed by atoms with van der Waals surface area (Å²) in [4.78, 5) is 14.4. The number of nitrogens with two attached hydrogens (primary N) is 1. The monoisotopic (exact) mass is 282 g/mol. The molecular weight excluding hydrogens is 264 g/mol. The van der Waals surface area contributed by atoms with Gasteiger partial charge in [0.15, 0.2) is 0 Å². The van der Waals surface area contributed by atoms with Crippen LogP contribution in [0.5, 0.6) is 5.75 Å². The van der Waals surface area contributed by atoms with Crippen molar-refractivity contribution in [3.63, 3.8) is 0 Å². The Labute approximate surface area is 123 Å². The van der Waals surface area contributed by atoms with Crippen LogP contribution in [0.2, 0.25) is 0 Å². The topological polar surface area (TPSA) is 66.6 Å². The van der Waals surface area contributed by atoms with Gasteiger partial charge in [-0.3, -0.25) is 4.79 Å². The Morgan fingerprint density at radius 1 is 1.29 bits per heavy atom. The third-order valence-corrected chi connectivity index (χ3v) is 3.88.